The van der Waals surface area contributed by atoms with Crippen molar-refractivity contribution in [3.8, 4) is 11.5 Å². The fourth-order valence-electron chi connectivity index (χ4n) is 2.01. The smallest absolute Gasteiger partial charge is 0.255 e. The van der Waals surface area contributed by atoms with Gasteiger partial charge < -0.3 is 20.5 Å². The molecule has 2 aromatic carbocycles. The van der Waals surface area contributed by atoms with Crippen molar-refractivity contribution in [3.63, 3.8) is 0 Å². The molecule has 0 saturated heterocycles. The molecule has 0 atom stereocenters. The van der Waals surface area contributed by atoms with E-state index in [1.54, 1.807) is 36.4 Å². The molecule has 0 radical (unpaired) electrons. The molecule has 0 spiro atoms. The van der Waals surface area contributed by atoms with Gasteiger partial charge in [0.15, 0.2) is 11.5 Å². The Bertz CT molecular complexity index is 686. The van der Waals surface area contributed by atoms with E-state index in [0.29, 0.717) is 46.7 Å². The Hall–Kier alpha value is -2.40. The van der Waals surface area contributed by atoms with Gasteiger partial charge in [-0.3, -0.25) is 4.79 Å². The molecule has 0 saturated carbocycles. The minimum Gasteiger partial charge on any atom is -0.486 e. The van der Waals surface area contributed by atoms with E-state index in [1.807, 2.05) is 0 Å². The number of nitrogens with two attached hydrogens (primary N) is 1. The Kier molecular flexibility index (Phi) is 3.58. The van der Waals surface area contributed by atoms with Crippen molar-refractivity contribution < 1.29 is 14.3 Å². The number of hydrogen-bond donors (Lipinski definition) is 2. The zero-order valence-electron chi connectivity index (χ0n) is 11.1. The number of ether oxygens (including phenoxy) is 2. The van der Waals surface area contributed by atoms with Gasteiger partial charge in [-0.2, -0.15) is 0 Å². The summed E-state index contributed by atoms with van der Waals surface area (Å²) in [6.07, 6.45) is 0. The SMILES string of the molecule is Nc1cc2c(cc1NC(=O)c1ccc(Cl)cc1)OCCO2. The summed E-state index contributed by atoms with van der Waals surface area (Å²) in [4.78, 5) is 12.2. The molecule has 0 aromatic heterocycles. The largest absolute Gasteiger partial charge is 0.486 e. The Morgan fingerprint density at radius 3 is 2.38 bits per heavy atom. The summed E-state index contributed by atoms with van der Waals surface area (Å²) < 4.78 is 10.9. The van der Waals surface area contributed by atoms with Gasteiger partial charge in [-0.05, 0) is 24.3 Å². The highest BCUT2D eigenvalue weighted by molar-refractivity contribution is 6.30. The molecule has 2 aromatic rings. The maximum absolute atomic E-state index is 12.2. The first-order chi connectivity index (χ1) is 10.1. The molecule has 6 heteroatoms. The van der Waals surface area contributed by atoms with E-state index in [9.17, 15) is 4.79 Å². The van der Waals surface area contributed by atoms with Crippen LogP contribution in [-0.4, -0.2) is 19.1 Å². The highest BCUT2D eigenvalue weighted by atomic mass is 35.5. The maximum atomic E-state index is 12.2. The van der Waals surface area contributed by atoms with Gasteiger partial charge in [0.05, 0.1) is 11.4 Å². The molecule has 3 N–H and O–H groups in total. The van der Waals surface area contributed by atoms with Gasteiger partial charge in [0, 0.05) is 22.7 Å². The van der Waals surface area contributed by atoms with Gasteiger partial charge in [-0.1, -0.05) is 11.6 Å². The number of benzene rings is 2. The molecule has 1 amide bonds. The number of hydrogen-bond acceptors (Lipinski definition) is 4. The Balaban J connectivity index is 1.84. The van der Waals surface area contributed by atoms with Crippen LogP contribution in [-0.2, 0) is 0 Å². The molecule has 21 heavy (non-hydrogen) atoms. The van der Waals surface area contributed by atoms with Gasteiger partial charge in [0.25, 0.3) is 5.91 Å². The molecule has 0 unspecified atom stereocenters. The van der Waals surface area contributed by atoms with Crippen LogP contribution in [0, 0.1) is 0 Å². The summed E-state index contributed by atoms with van der Waals surface area (Å²) in [6, 6.07) is 9.91. The van der Waals surface area contributed by atoms with Crippen LogP contribution in [0.5, 0.6) is 11.5 Å². The van der Waals surface area contributed by atoms with E-state index >= 15 is 0 Å². The number of fused-ring (bicyclic) bond motifs is 1. The highest BCUT2D eigenvalue weighted by Crippen LogP contribution is 2.37. The van der Waals surface area contributed by atoms with E-state index in [-0.39, 0.29) is 5.91 Å². The van der Waals surface area contributed by atoms with E-state index in [0.717, 1.165) is 0 Å². The normalized spacial score (nSPS) is 12.8. The zero-order valence-corrected chi connectivity index (χ0v) is 11.8. The Labute approximate surface area is 126 Å². The van der Waals surface area contributed by atoms with Crippen LogP contribution in [0.4, 0.5) is 11.4 Å². The lowest BCUT2D eigenvalue weighted by Crippen LogP contribution is -2.17. The number of carbonyl (C=O) groups excluding carboxylic acids is 1. The molecular weight excluding hydrogens is 292 g/mol. The van der Waals surface area contributed by atoms with Gasteiger partial charge >= 0.3 is 0 Å². The fourth-order valence-corrected chi connectivity index (χ4v) is 2.13. The van der Waals surface area contributed by atoms with E-state index < -0.39 is 0 Å². The fraction of sp³-hybridized carbons (Fsp3) is 0.133. The van der Waals surface area contributed by atoms with Crippen molar-refractivity contribution in [3.05, 3.63) is 47.0 Å². The molecule has 5 nitrogen and oxygen atoms in total. The molecule has 1 aliphatic heterocycles. The number of halogens is 1. The van der Waals surface area contributed by atoms with Crippen LogP contribution in [0.2, 0.25) is 5.02 Å². The number of anilines is 2. The van der Waals surface area contributed by atoms with E-state index in [4.69, 9.17) is 26.8 Å². The minimum absolute atomic E-state index is 0.268. The Morgan fingerprint density at radius 1 is 1.10 bits per heavy atom. The molecule has 108 valence electrons. The monoisotopic (exact) mass is 304 g/mol. The molecule has 0 aliphatic carbocycles. The molecular formula is C15H13ClN2O3. The third-order valence-electron chi connectivity index (χ3n) is 3.07. The summed E-state index contributed by atoms with van der Waals surface area (Å²) in [6.45, 7) is 0.963. The summed E-state index contributed by atoms with van der Waals surface area (Å²) in [7, 11) is 0. The molecule has 0 bridgehead atoms. The first kappa shape index (κ1) is 13.6. The summed E-state index contributed by atoms with van der Waals surface area (Å²) in [5.74, 6) is 0.889. The van der Waals surface area contributed by atoms with Crippen molar-refractivity contribution in [1.29, 1.82) is 0 Å². The quantitative estimate of drug-likeness (QED) is 0.837. The summed E-state index contributed by atoms with van der Waals surface area (Å²) >= 11 is 5.80. The third kappa shape index (κ3) is 2.87. The van der Waals surface area contributed by atoms with E-state index in [1.165, 1.54) is 0 Å². The Morgan fingerprint density at radius 2 is 1.71 bits per heavy atom. The van der Waals surface area contributed by atoms with Crippen molar-refractivity contribution in [2.75, 3.05) is 24.3 Å². The van der Waals surface area contributed by atoms with Gasteiger partial charge in [0.1, 0.15) is 13.2 Å². The number of nitrogen functional groups attached to an aromatic ring is 1. The third-order valence-corrected chi connectivity index (χ3v) is 3.32. The number of rotatable bonds is 2. The minimum atomic E-state index is -0.268. The zero-order chi connectivity index (χ0) is 14.8. The lowest BCUT2D eigenvalue weighted by molar-refractivity contribution is 0.102. The van der Waals surface area contributed by atoms with Crippen molar-refractivity contribution in [2.24, 2.45) is 0 Å². The second-order valence-corrected chi connectivity index (χ2v) is 4.98. The first-order valence-electron chi connectivity index (χ1n) is 6.39. The van der Waals surface area contributed by atoms with Crippen LogP contribution in [0.3, 0.4) is 0 Å². The topological polar surface area (TPSA) is 73.6 Å². The average Bonchev–Trinajstić information content (AvgIpc) is 2.48. The summed E-state index contributed by atoms with van der Waals surface area (Å²) in [5, 5.41) is 3.33. The van der Waals surface area contributed by atoms with Crippen molar-refractivity contribution in [1.82, 2.24) is 0 Å². The lowest BCUT2D eigenvalue weighted by Gasteiger charge is -2.20. The second kappa shape index (κ2) is 5.54. The number of amides is 1. The van der Waals surface area contributed by atoms with Crippen LogP contribution < -0.4 is 20.5 Å². The molecule has 1 heterocycles. The van der Waals surface area contributed by atoms with Crippen LogP contribution in [0.1, 0.15) is 10.4 Å². The van der Waals surface area contributed by atoms with Crippen molar-refractivity contribution in [2.45, 2.75) is 0 Å². The second-order valence-electron chi connectivity index (χ2n) is 4.54. The molecule has 3 rings (SSSR count). The molecule has 1 aliphatic rings. The van der Waals surface area contributed by atoms with E-state index in [2.05, 4.69) is 5.32 Å². The summed E-state index contributed by atoms with van der Waals surface area (Å²) in [5.41, 5.74) is 7.32. The maximum Gasteiger partial charge on any atom is 0.255 e. The van der Waals surface area contributed by atoms with Gasteiger partial charge in [-0.15, -0.1) is 0 Å². The first-order valence-corrected chi connectivity index (χ1v) is 6.77. The highest BCUT2D eigenvalue weighted by Gasteiger charge is 2.16. The van der Waals surface area contributed by atoms with Crippen LogP contribution in [0.25, 0.3) is 0 Å². The number of nitrogens with one attached hydrogen (secondary N) is 1. The predicted octanol–water partition coefficient (Wildman–Crippen LogP) is 2.95. The predicted molar refractivity (Wildman–Crippen MR) is 81.2 cm³/mol. The lowest BCUT2D eigenvalue weighted by atomic mass is 10.2. The molecule has 0 fully saturated rings. The van der Waals surface area contributed by atoms with Crippen LogP contribution >= 0.6 is 11.6 Å². The van der Waals surface area contributed by atoms with Crippen molar-refractivity contribution >= 4 is 28.9 Å². The van der Waals surface area contributed by atoms with Gasteiger partial charge in [0.2, 0.25) is 0 Å². The van der Waals surface area contributed by atoms with Gasteiger partial charge in [-0.25, -0.2) is 0 Å². The average molecular weight is 305 g/mol. The van der Waals surface area contributed by atoms with Crippen LogP contribution in [0.15, 0.2) is 36.4 Å². The number of carbonyl (C=O) groups is 1. The standard InChI is InChI=1S/C15H13ClN2O3/c16-10-3-1-9(2-4-10)15(19)18-12-8-14-13(7-11(12)17)20-5-6-21-14/h1-4,7-8H,5-6,17H2,(H,18,19).